The van der Waals surface area contributed by atoms with E-state index in [1.165, 1.54) is 5.56 Å². The molecule has 20 heavy (non-hydrogen) atoms. The van der Waals surface area contributed by atoms with E-state index in [2.05, 4.69) is 13.0 Å². The second-order valence-electron chi connectivity index (χ2n) is 5.96. The fraction of sp³-hybridized carbons (Fsp3) is 0.333. The normalized spacial score (nSPS) is 11.2. The molecule has 0 radical (unpaired) electrons. The number of rotatable bonds is 4. The summed E-state index contributed by atoms with van der Waals surface area (Å²) in [5.41, 5.74) is 2.17. The van der Waals surface area contributed by atoms with Crippen LogP contribution in [0.5, 0.6) is 11.5 Å². The van der Waals surface area contributed by atoms with Crippen LogP contribution in [0.25, 0.3) is 0 Å². The van der Waals surface area contributed by atoms with Gasteiger partial charge in [-0.15, -0.1) is 0 Å². The highest BCUT2D eigenvalue weighted by Gasteiger charge is 2.11. The molecule has 0 heterocycles. The Morgan fingerprint density at radius 2 is 1.60 bits per heavy atom. The van der Waals surface area contributed by atoms with E-state index >= 15 is 0 Å². The van der Waals surface area contributed by atoms with Crippen LogP contribution in [-0.2, 0) is 6.61 Å². The lowest BCUT2D eigenvalue weighted by Gasteiger charge is -2.21. The van der Waals surface area contributed by atoms with E-state index in [0.717, 1.165) is 17.1 Å². The first kappa shape index (κ1) is 14.4. The summed E-state index contributed by atoms with van der Waals surface area (Å²) in [5, 5.41) is 0. The predicted molar refractivity (Wildman–Crippen MR) is 82.3 cm³/mol. The first-order chi connectivity index (χ1) is 9.42. The summed E-state index contributed by atoms with van der Waals surface area (Å²) in [7, 11) is 0. The molecule has 106 valence electrons. The Morgan fingerprint density at radius 1 is 0.900 bits per heavy atom. The van der Waals surface area contributed by atoms with Crippen LogP contribution < -0.4 is 9.47 Å². The molecule has 0 unspecified atom stereocenters. The minimum atomic E-state index is -0.167. The molecule has 0 aliphatic heterocycles. The number of hydrogen-bond acceptors (Lipinski definition) is 2. The molecule has 0 atom stereocenters. The zero-order valence-electron chi connectivity index (χ0n) is 12.6. The van der Waals surface area contributed by atoms with Gasteiger partial charge < -0.3 is 9.47 Å². The third kappa shape index (κ3) is 4.61. The largest absolute Gasteiger partial charge is 0.489 e. The van der Waals surface area contributed by atoms with Gasteiger partial charge in [-0.05, 0) is 63.1 Å². The minimum Gasteiger partial charge on any atom is -0.489 e. The number of aryl methyl sites for hydroxylation is 1. The van der Waals surface area contributed by atoms with Crippen LogP contribution in [0.1, 0.15) is 31.9 Å². The molecular formula is C18H22O2. The van der Waals surface area contributed by atoms with E-state index in [9.17, 15) is 0 Å². The van der Waals surface area contributed by atoms with Gasteiger partial charge >= 0.3 is 0 Å². The molecule has 2 aromatic carbocycles. The zero-order chi connectivity index (χ0) is 14.6. The minimum absolute atomic E-state index is 0.167. The molecule has 0 N–H and O–H groups in total. The summed E-state index contributed by atoms with van der Waals surface area (Å²) in [4.78, 5) is 0. The van der Waals surface area contributed by atoms with Gasteiger partial charge in [0.25, 0.3) is 0 Å². The summed E-state index contributed by atoms with van der Waals surface area (Å²) >= 11 is 0. The standard InChI is InChI=1S/C18H22O2/c1-14-6-5-7-17(12-14)19-13-15-8-10-16(11-9-15)20-18(2,3)4/h5-12H,13H2,1-4H3. The maximum atomic E-state index is 5.79. The van der Waals surface area contributed by atoms with Gasteiger partial charge in [-0.1, -0.05) is 24.3 Å². The lowest BCUT2D eigenvalue weighted by Crippen LogP contribution is -2.22. The van der Waals surface area contributed by atoms with Gasteiger partial charge in [0.2, 0.25) is 0 Å². The van der Waals surface area contributed by atoms with Crippen molar-refractivity contribution in [3.8, 4) is 11.5 Å². The Hall–Kier alpha value is -1.96. The fourth-order valence-corrected chi connectivity index (χ4v) is 1.88. The molecule has 0 bridgehead atoms. The Kier molecular flexibility index (Phi) is 4.33. The van der Waals surface area contributed by atoms with E-state index < -0.39 is 0 Å². The van der Waals surface area contributed by atoms with Crippen LogP contribution >= 0.6 is 0 Å². The molecule has 0 saturated carbocycles. The van der Waals surface area contributed by atoms with E-state index in [-0.39, 0.29) is 5.60 Å². The molecule has 0 aliphatic rings. The molecular weight excluding hydrogens is 248 g/mol. The summed E-state index contributed by atoms with van der Waals surface area (Å²) in [6.07, 6.45) is 0. The molecule has 0 spiro atoms. The monoisotopic (exact) mass is 270 g/mol. The topological polar surface area (TPSA) is 18.5 Å². The number of ether oxygens (including phenoxy) is 2. The first-order valence-corrected chi connectivity index (χ1v) is 6.90. The van der Waals surface area contributed by atoms with Crippen LogP contribution in [0.4, 0.5) is 0 Å². The highest BCUT2D eigenvalue weighted by Crippen LogP contribution is 2.20. The SMILES string of the molecule is Cc1cccc(OCc2ccc(OC(C)(C)C)cc2)c1. The van der Waals surface area contributed by atoms with Crippen molar-refractivity contribution >= 4 is 0 Å². The molecule has 0 aliphatic carbocycles. The Labute approximate surface area is 121 Å². The molecule has 2 heteroatoms. The van der Waals surface area contributed by atoms with Crippen molar-refractivity contribution in [3.05, 3.63) is 59.7 Å². The van der Waals surface area contributed by atoms with Gasteiger partial charge in [-0.3, -0.25) is 0 Å². The van der Waals surface area contributed by atoms with Crippen molar-refractivity contribution < 1.29 is 9.47 Å². The summed E-state index contributed by atoms with van der Waals surface area (Å²) in [6, 6.07) is 16.1. The smallest absolute Gasteiger partial charge is 0.120 e. The second kappa shape index (κ2) is 6.00. The van der Waals surface area contributed by atoms with Gasteiger partial charge in [-0.25, -0.2) is 0 Å². The second-order valence-corrected chi connectivity index (χ2v) is 5.96. The Balaban J connectivity index is 1.94. The van der Waals surface area contributed by atoms with Crippen molar-refractivity contribution in [2.24, 2.45) is 0 Å². The van der Waals surface area contributed by atoms with Gasteiger partial charge in [0, 0.05) is 0 Å². The van der Waals surface area contributed by atoms with Crippen LogP contribution in [0.3, 0.4) is 0 Å². The molecule has 0 amide bonds. The average Bonchev–Trinajstić information content (AvgIpc) is 2.36. The van der Waals surface area contributed by atoms with Gasteiger partial charge in [-0.2, -0.15) is 0 Å². The Morgan fingerprint density at radius 3 is 2.20 bits per heavy atom. The van der Waals surface area contributed by atoms with E-state index in [0.29, 0.717) is 6.61 Å². The molecule has 2 nitrogen and oxygen atoms in total. The molecule has 0 fully saturated rings. The van der Waals surface area contributed by atoms with Crippen molar-refractivity contribution in [2.45, 2.75) is 39.9 Å². The number of benzene rings is 2. The van der Waals surface area contributed by atoms with E-state index in [1.807, 2.05) is 63.2 Å². The predicted octanol–water partition coefficient (Wildman–Crippen LogP) is 4.75. The fourth-order valence-electron chi connectivity index (χ4n) is 1.88. The summed E-state index contributed by atoms with van der Waals surface area (Å²) < 4.78 is 11.6. The quantitative estimate of drug-likeness (QED) is 0.798. The van der Waals surface area contributed by atoms with Gasteiger partial charge in [0.1, 0.15) is 23.7 Å². The first-order valence-electron chi connectivity index (χ1n) is 6.90. The highest BCUT2D eigenvalue weighted by atomic mass is 16.5. The third-order valence-corrected chi connectivity index (χ3v) is 2.74. The maximum Gasteiger partial charge on any atom is 0.120 e. The van der Waals surface area contributed by atoms with Crippen molar-refractivity contribution in [2.75, 3.05) is 0 Å². The summed E-state index contributed by atoms with van der Waals surface area (Å²) in [6.45, 7) is 8.76. The lowest BCUT2D eigenvalue weighted by atomic mass is 10.2. The maximum absolute atomic E-state index is 5.79. The van der Waals surface area contributed by atoms with E-state index in [4.69, 9.17) is 9.47 Å². The van der Waals surface area contributed by atoms with Gasteiger partial charge in [0.15, 0.2) is 0 Å². The van der Waals surface area contributed by atoms with Crippen LogP contribution in [-0.4, -0.2) is 5.60 Å². The number of hydrogen-bond donors (Lipinski definition) is 0. The highest BCUT2D eigenvalue weighted by molar-refractivity contribution is 5.30. The molecule has 0 aromatic heterocycles. The third-order valence-electron chi connectivity index (χ3n) is 2.74. The van der Waals surface area contributed by atoms with Crippen LogP contribution in [0.15, 0.2) is 48.5 Å². The molecule has 2 aromatic rings. The molecule has 0 saturated heterocycles. The van der Waals surface area contributed by atoms with Crippen LogP contribution in [0.2, 0.25) is 0 Å². The summed E-state index contributed by atoms with van der Waals surface area (Å²) in [5.74, 6) is 1.79. The van der Waals surface area contributed by atoms with Gasteiger partial charge in [0.05, 0.1) is 0 Å². The lowest BCUT2D eigenvalue weighted by molar-refractivity contribution is 0.131. The molecule has 2 rings (SSSR count). The van der Waals surface area contributed by atoms with Crippen molar-refractivity contribution in [3.63, 3.8) is 0 Å². The van der Waals surface area contributed by atoms with E-state index in [1.54, 1.807) is 0 Å². The van der Waals surface area contributed by atoms with Crippen molar-refractivity contribution in [1.82, 2.24) is 0 Å². The van der Waals surface area contributed by atoms with Crippen molar-refractivity contribution in [1.29, 1.82) is 0 Å². The van der Waals surface area contributed by atoms with Crippen LogP contribution in [0, 0.1) is 6.92 Å². The Bertz CT molecular complexity index is 550. The zero-order valence-corrected chi connectivity index (χ0v) is 12.6. The average molecular weight is 270 g/mol.